The van der Waals surface area contributed by atoms with Crippen LogP contribution in [0.2, 0.25) is 5.02 Å². The fraction of sp³-hybridized carbons (Fsp3) is 0.160. The third kappa shape index (κ3) is 7.30. The number of carbonyl (C=O) groups is 2. The number of halogens is 1. The summed E-state index contributed by atoms with van der Waals surface area (Å²) in [6, 6.07) is 19.8. The van der Waals surface area contributed by atoms with Crippen molar-refractivity contribution in [3.05, 3.63) is 88.9 Å². The third-order valence-corrected chi connectivity index (χ3v) is 6.40. The zero-order valence-electron chi connectivity index (χ0n) is 19.9. The van der Waals surface area contributed by atoms with Crippen molar-refractivity contribution in [1.82, 2.24) is 5.43 Å². The number of hydrogen-bond acceptors (Lipinski definition) is 6. The summed E-state index contributed by atoms with van der Waals surface area (Å²) >= 11 is 5.95. The summed E-state index contributed by atoms with van der Waals surface area (Å²) in [5, 5.41) is 7.33. The molecule has 0 saturated carbocycles. The number of amides is 2. The van der Waals surface area contributed by atoms with Crippen molar-refractivity contribution in [3.63, 3.8) is 0 Å². The molecule has 188 valence electrons. The van der Waals surface area contributed by atoms with Gasteiger partial charge in [0.15, 0.2) is 0 Å². The lowest BCUT2D eigenvalue weighted by molar-refractivity contribution is -0.119. The largest absolute Gasteiger partial charge is 0.497 e. The molecule has 0 aliphatic heterocycles. The first-order valence-electron chi connectivity index (χ1n) is 10.7. The molecule has 0 aliphatic rings. The summed E-state index contributed by atoms with van der Waals surface area (Å²) in [4.78, 5) is 25.0. The van der Waals surface area contributed by atoms with Gasteiger partial charge >= 0.3 is 0 Å². The maximum Gasteiger partial charge on any atom is 0.260 e. The molecule has 2 N–H and O–H groups in total. The number of methoxy groups -OCH3 is 1. The van der Waals surface area contributed by atoms with E-state index in [0.29, 0.717) is 39.0 Å². The molecule has 0 radical (unpaired) electrons. The van der Waals surface area contributed by atoms with Crippen LogP contribution in [-0.2, 0) is 14.8 Å². The van der Waals surface area contributed by atoms with E-state index >= 15 is 0 Å². The van der Waals surface area contributed by atoms with E-state index in [1.54, 1.807) is 79.7 Å². The van der Waals surface area contributed by atoms with Crippen molar-refractivity contribution in [3.8, 4) is 5.75 Å². The van der Waals surface area contributed by atoms with Gasteiger partial charge in [0.05, 0.1) is 24.8 Å². The van der Waals surface area contributed by atoms with Gasteiger partial charge in [-0.05, 0) is 67.1 Å². The molecule has 9 nitrogen and oxygen atoms in total. The Bertz CT molecular complexity index is 1390. The Hall–Kier alpha value is -3.89. The standard InChI is InChI=1S/C25H25ClN4O5S/c1-17(18-6-5-9-21(15-18)27-25(32)19-7-4-8-20(26)14-19)28-29-24(31)16-30(36(3,33)34)22-10-12-23(35-2)13-11-22/h4-15H,16H2,1-3H3,(H,27,32)(H,29,31). The highest BCUT2D eigenvalue weighted by atomic mass is 35.5. The quantitative estimate of drug-likeness (QED) is 0.322. The first kappa shape index (κ1) is 26.7. The van der Waals surface area contributed by atoms with Crippen molar-refractivity contribution in [2.45, 2.75) is 6.92 Å². The number of carbonyl (C=O) groups excluding carboxylic acids is 2. The van der Waals surface area contributed by atoms with E-state index in [4.69, 9.17) is 16.3 Å². The highest BCUT2D eigenvalue weighted by Gasteiger charge is 2.21. The molecule has 0 unspecified atom stereocenters. The molecular weight excluding hydrogens is 504 g/mol. The van der Waals surface area contributed by atoms with Crippen LogP contribution in [0.3, 0.4) is 0 Å². The molecule has 3 rings (SSSR count). The van der Waals surface area contributed by atoms with Gasteiger partial charge in [-0.15, -0.1) is 0 Å². The average molecular weight is 529 g/mol. The Morgan fingerprint density at radius 1 is 1.00 bits per heavy atom. The fourth-order valence-electron chi connectivity index (χ4n) is 3.18. The van der Waals surface area contributed by atoms with Crippen LogP contribution in [0.5, 0.6) is 5.75 Å². The Labute approximate surface area is 214 Å². The second-order valence-electron chi connectivity index (χ2n) is 7.75. The predicted molar refractivity (Wildman–Crippen MR) is 141 cm³/mol. The molecule has 0 bridgehead atoms. The van der Waals surface area contributed by atoms with Crippen LogP contribution >= 0.6 is 11.6 Å². The van der Waals surface area contributed by atoms with Gasteiger partial charge in [0.2, 0.25) is 10.0 Å². The fourth-order valence-corrected chi connectivity index (χ4v) is 4.23. The minimum Gasteiger partial charge on any atom is -0.497 e. The first-order chi connectivity index (χ1) is 17.1. The summed E-state index contributed by atoms with van der Waals surface area (Å²) in [5.41, 5.74) is 4.75. The van der Waals surface area contributed by atoms with E-state index in [1.807, 2.05) is 0 Å². The normalized spacial score (nSPS) is 11.5. The van der Waals surface area contributed by atoms with E-state index in [0.717, 1.165) is 10.6 Å². The van der Waals surface area contributed by atoms with Gasteiger partial charge in [-0.25, -0.2) is 13.8 Å². The first-order valence-corrected chi connectivity index (χ1v) is 12.9. The Morgan fingerprint density at radius 2 is 1.67 bits per heavy atom. The SMILES string of the molecule is COc1ccc(N(CC(=O)NN=C(C)c2cccc(NC(=O)c3cccc(Cl)c3)c2)S(C)(=O)=O)cc1. The second-order valence-corrected chi connectivity index (χ2v) is 10.1. The number of hydrogen-bond donors (Lipinski definition) is 2. The van der Waals surface area contributed by atoms with Crippen LogP contribution in [0.15, 0.2) is 77.9 Å². The lowest BCUT2D eigenvalue weighted by Gasteiger charge is -2.21. The van der Waals surface area contributed by atoms with Gasteiger partial charge < -0.3 is 10.1 Å². The molecule has 0 fully saturated rings. The molecule has 0 atom stereocenters. The number of rotatable bonds is 9. The van der Waals surface area contributed by atoms with Gasteiger partial charge in [0.25, 0.3) is 11.8 Å². The van der Waals surface area contributed by atoms with E-state index in [9.17, 15) is 18.0 Å². The molecule has 0 aliphatic carbocycles. The van der Waals surface area contributed by atoms with Crippen molar-refractivity contribution < 1.29 is 22.7 Å². The van der Waals surface area contributed by atoms with Crippen molar-refractivity contribution >= 4 is 50.5 Å². The third-order valence-electron chi connectivity index (χ3n) is 5.02. The van der Waals surface area contributed by atoms with Crippen LogP contribution < -0.4 is 19.8 Å². The van der Waals surface area contributed by atoms with Gasteiger partial charge in [0.1, 0.15) is 12.3 Å². The second kappa shape index (κ2) is 11.7. The molecule has 0 spiro atoms. The van der Waals surface area contributed by atoms with Gasteiger partial charge in [-0.1, -0.05) is 29.8 Å². The minimum atomic E-state index is -3.73. The molecule has 0 aromatic heterocycles. The zero-order chi connectivity index (χ0) is 26.3. The Morgan fingerprint density at radius 3 is 2.31 bits per heavy atom. The highest BCUT2D eigenvalue weighted by molar-refractivity contribution is 7.92. The van der Waals surface area contributed by atoms with Crippen LogP contribution in [0.25, 0.3) is 0 Å². The van der Waals surface area contributed by atoms with Gasteiger partial charge in [-0.3, -0.25) is 13.9 Å². The number of nitrogens with zero attached hydrogens (tertiary/aromatic N) is 2. The topological polar surface area (TPSA) is 117 Å². The number of anilines is 2. The van der Waals surface area contributed by atoms with Crippen LogP contribution in [-0.4, -0.2) is 45.9 Å². The summed E-state index contributed by atoms with van der Waals surface area (Å²) < 4.78 is 30.6. The van der Waals surface area contributed by atoms with Crippen molar-refractivity contribution in [2.75, 3.05) is 29.5 Å². The van der Waals surface area contributed by atoms with E-state index < -0.39 is 22.5 Å². The van der Waals surface area contributed by atoms with E-state index in [1.165, 1.54) is 7.11 Å². The molecule has 3 aromatic rings. The minimum absolute atomic E-state index is 0.317. The molecule has 0 saturated heterocycles. The molecular formula is C25H25ClN4O5S. The number of sulfonamides is 1. The zero-order valence-corrected chi connectivity index (χ0v) is 21.4. The average Bonchev–Trinajstić information content (AvgIpc) is 2.85. The molecule has 36 heavy (non-hydrogen) atoms. The monoisotopic (exact) mass is 528 g/mol. The van der Waals surface area contributed by atoms with Gasteiger partial charge in [-0.2, -0.15) is 5.10 Å². The van der Waals surface area contributed by atoms with E-state index in [2.05, 4.69) is 15.8 Å². The summed E-state index contributed by atoms with van der Waals surface area (Å²) in [5.74, 6) is -0.388. The Kier molecular flexibility index (Phi) is 8.68. The van der Waals surface area contributed by atoms with Crippen LogP contribution in [0, 0.1) is 0 Å². The smallest absolute Gasteiger partial charge is 0.260 e. The molecule has 0 heterocycles. The lowest BCUT2D eigenvalue weighted by Crippen LogP contribution is -2.39. The van der Waals surface area contributed by atoms with Crippen molar-refractivity contribution in [1.29, 1.82) is 0 Å². The lowest BCUT2D eigenvalue weighted by atomic mass is 10.1. The van der Waals surface area contributed by atoms with E-state index in [-0.39, 0.29) is 5.91 Å². The summed E-state index contributed by atoms with van der Waals surface area (Å²) in [6.45, 7) is 1.22. The highest BCUT2D eigenvalue weighted by Crippen LogP contribution is 2.21. The maximum atomic E-state index is 12.5. The maximum absolute atomic E-state index is 12.5. The summed E-state index contributed by atoms with van der Waals surface area (Å²) in [7, 11) is -2.23. The number of hydrazone groups is 1. The molecule has 2 amide bonds. The molecule has 11 heteroatoms. The number of nitrogens with one attached hydrogen (secondary N) is 2. The van der Waals surface area contributed by atoms with Gasteiger partial charge in [0, 0.05) is 16.3 Å². The van der Waals surface area contributed by atoms with Crippen LogP contribution in [0.1, 0.15) is 22.8 Å². The summed E-state index contributed by atoms with van der Waals surface area (Å²) in [6.07, 6.45) is 1.02. The van der Waals surface area contributed by atoms with Crippen molar-refractivity contribution in [2.24, 2.45) is 5.10 Å². The Balaban J connectivity index is 1.68. The molecule has 3 aromatic carbocycles. The number of benzene rings is 3. The number of ether oxygens (including phenoxy) is 1. The van der Waals surface area contributed by atoms with Crippen LogP contribution in [0.4, 0.5) is 11.4 Å². The predicted octanol–water partition coefficient (Wildman–Crippen LogP) is 3.91.